The van der Waals surface area contributed by atoms with Crippen LogP contribution < -0.4 is 0 Å². The molecule has 0 radical (unpaired) electrons. The van der Waals surface area contributed by atoms with Gasteiger partial charge in [0.1, 0.15) is 0 Å². The first-order valence-electron chi connectivity index (χ1n) is 6.91. The Labute approximate surface area is 140 Å². The van der Waals surface area contributed by atoms with Crippen LogP contribution in [0.2, 0.25) is 0 Å². The third-order valence-corrected chi connectivity index (χ3v) is 4.85. The van der Waals surface area contributed by atoms with Gasteiger partial charge in [0.05, 0.1) is 13.2 Å². The first-order valence-corrected chi connectivity index (χ1v) is 11.5. The third kappa shape index (κ3) is 19.4. The summed E-state index contributed by atoms with van der Waals surface area (Å²) in [6, 6.07) is 0. The molecule has 3 nitrogen and oxygen atoms in total. The predicted octanol–water partition coefficient (Wildman–Crippen LogP) is 5.21. The molecule has 0 unspecified atom stereocenters. The summed E-state index contributed by atoms with van der Waals surface area (Å²) < 4.78 is 19.4. The van der Waals surface area contributed by atoms with E-state index in [1.807, 2.05) is 0 Å². The normalized spacial score (nSPS) is 10.9. The Morgan fingerprint density at radius 2 is 1.26 bits per heavy atom. The minimum atomic E-state index is -2.26. The fourth-order valence-electron chi connectivity index (χ4n) is 1.45. The van der Waals surface area contributed by atoms with Crippen molar-refractivity contribution in [3.63, 3.8) is 0 Å². The van der Waals surface area contributed by atoms with Crippen LogP contribution in [0, 0.1) is 0 Å². The molecule has 0 amide bonds. The number of hydrogen-bond acceptors (Lipinski definition) is 4. The molecule has 0 N–H and O–H groups in total. The summed E-state index contributed by atoms with van der Waals surface area (Å²) in [5.74, 6) is 0. The van der Waals surface area contributed by atoms with E-state index in [-0.39, 0.29) is 0 Å². The van der Waals surface area contributed by atoms with Gasteiger partial charge >= 0.3 is 23.2 Å². The summed E-state index contributed by atoms with van der Waals surface area (Å²) >= 11 is 10.2. The fourth-order valence-corrected chi connectivity index (χ4v) is 3.19. The zero-order chi connectivity index (χ0) is 15.0. The average molecular weight is 410 g/mol. The van der Waals surface area contributed by atoms with Crippen molar-refractivity contribution in [3.8, 4) is 0 Å². The van der Waals surface area contributed by atoms with E-state index in [2.05, 4.69) is 26.1 Å². The van der Waals surface area contributed by atoms with Crippen LogP contribution in [0.4, 0.5) is 0 Å². The van der Waals surface area contributed by atoms with Crippen LogP contribution >= 0.6 is 17.9 Å². The van der Waals surface area contributed by atoms with E-state index in [1.165, 1.54) is 38.5 Å². The van der Waals surface area contributed by atoms with Crippen molar-refractivity contribution in [2.45, 2.75) is 65.2 Å². The molecular weight excluding hydrogens is 383 g/mol. The second-order valence-corrected chi connectivity index (χ2v) is 9.54. The third-order valence-electron chi connectivity index (χ3n) is 2.50. The monoisotopic (exact) mass is 412 g/mol. The Bertz CT molecular complexity index is 215. The van der Waals surface area contributed by atoms with Gasteiger partial charge in [0, 0.05) is 0 Å². The fraction of sp³-hybridized carbons (Fsp3) is 1.00. The molecule has 0 saturated heterocycles. The van der Waals surface area contributed by atoms with E-state index < -0.39 is 5.69 Å². The molecule has 0 saturated carbocycles. The molecule has 0 rings (SSSR count). The van der Waals surface area contributed by atoms with Gasteiger partial charge in [0.15, 0.2) is 0 Å². The molecule has 0 aromatic heterocycles. The SMILES string of the molecule is CCCCCCOP(=S)(S)OCCCCCC.[O]=[Mo]. The quantitative estimate of drug-likeness (QED) is 0.207. The molecule has 0 spiro atoms. The summed E-state index contributed by atoms with van der Waals surface area (Å²) in [4.78, 5) is 0. The van der Waals surface area contributed by atoms with Crippen LogP contribution in [-0.4, -0.2) is 13.2 Å². The van der Waals surface area contributed by atoms with Crippen LogP contribution in [0.5, 0.6) is 0 Å². The maximum atomic E-state index is 8.26. The van der Waals surface area contributed by atoms with Crippen LogP contribution in [0.3, 0.4) is 0 Å². The Hall–Kier alpha value is 1.41. The van der Waals surface area contributed by atoms with Crippen LogP contribution in [0.15, 0.2) is 0 Å². The van der Waals surface area contributed by atoms with E-state index in [9.17, 15) is 0 Å². The zero-order valence-corrected chi connectivity index (χ0v) is 16.6. The number of unbranched alkanes of at least 4 members (excludes halogenated alkanes) is 6. The van der Waals surface area contributed by atoms with Gasteiger partial charge in [-0.3, -0.25) is 0 Å². The van der Waals surface area contributed by atoms with Gasteiger partial charge in [-0.2, -0.15) is 0 Å². The molecule has 19 heavy (non-hydrogen) atoms. The van der Waals surface area contributed by atoms with Crippen LogP contribution in [0.1, 0.15) is 65.2 Å². The zero-order valence-electron chi connectivity index (χ0n) is 12.0. The van der Waals surface area contributed by atoms with Crippen molar-refractivity contribution < 1.29 is 32.2 Å². The van der Waals surface area contributed by atoms with Crippen LogP contribution in [0.25, 0.3) is 0 Å². The van der Waals surface area contributed by atoms with E-state index in [4.69, 9.17) is 24.3 Å². The summed E-state index contributed by atoms with van der Waals surface area (Å²) in [5.41, 5.74) is -2.26. The van der Waals surface area contributed by atoms with Crippen molar-refractivity contribution in [2.24, 2.45) is 0 Å². The van der Waals surface area contributed by atoms with Gasteiger partial charge in [-0.25, -0.2) is 0 Å². The molecule has 0 aromatic carbocycles. The maximum absolute atomic E-state index is 8.26. The topological polar surface area (TPSA) is 35.5 Å². The van der Waals surface area contributed by atoms with Gasteiger partial charge in [0.2, 0.25) is 5.69 Å². The molecular formula is C12H27MoO3PS2. The van der Waals surface area contributed by atoms with Gasteiger partial charge < -0.3 is 9.05 Å². The minimum absolute atomic E-state index is 0.690. The molecule has 0 aliphatic carbocycles. The molecule has 0 fully saturated rings. The van der Waals surface area contributed by atoms with Crippen molar-refractivity contribution in [1.82, 2.24) is 0 Å². The van der Waals surface area contributed by atoms with Crippen molar-refractivity contribution in [1.29, 1.82) is 0 Å². The predicted molar refractivity (Wildman–Crippen MR) is 84.1 cm³/mol. The average Bonchev–Trinajstić information content (AvgIpc) is 2.40. The molecule has 0 heterocycles. The Balaban J connectivity index is 0. The summed E-state index contributed by atoms with van der Waals surface area (Å²) in [5, 5.41) is 0. The summed E-state index contributed by atoms with van der Waals surface area (Å²) in [6.07, 6.45) is 9.53. The van der Waals surface area contributed by atoms with Crippen molar-refractivity contribution in [3.05, 3.63) is 0 Å². The van der Waals surface area contributed by atoms with E-state index in [0.29, 0.717) is 33.0 Å². The first-order chi connectivity index (χ1) is 9.12. The number of thiol groups is 1. The molecule has 116 valence electrons. The van der Waals surface area contributed by atoms with E-state index in [0.717, 1.165) is 12.8 Å². The Morgan fingerprint density at radius 1 is 0.895 bits per heavy atom. The summed E-state index contributed by atoms with van der Waals surface area (Å²) in [7, 11) is 0. The first kappa shape index (κ1) is 22.7. The Kier molecular flexibility index (Phi) is 20.8. The molecule has 7 heteroatoms. The van der Waals surface area contributed by atoms with Gasteiger partial charge in [-0.05, 0) is 24.6 Å². The van der Waals surface area contributed by atoms with Crippen molar-refractivity contribution in [2.75, 3.05) is 13.2 Å². The summed E-state index contributed by atoms with van der Waals surface area (Å²) in [6.45, 7) is 5.78. The van der Waals surface area contributed by atoms with Crippen LogP contribution in [-0.2, 0) is 44.0 Å². The Morgan fingerprint density at radius 3 is 1.58 bits per heavy atom. The van der Waals surface area contributed by atoms with E-state index >= 15 is 0 Å². The van der Waals surface area contributed by atoms with Gasteiger partial charge in [-0.15, -0.1) is 0 Å². The standard InChI is InChI=1S/C12H27O2PS2.Mo.O/c1-3-5-7-9-11-13-15(16,17)14-12-10-8-6-4-2;;/h3-12H2,1-2H3,(H,16,17);;. The molecule has 0 atom stereocenters. The van der Waals surface area contributed by atoms with Crippen molar-refractivity contribution >= 4 is 29.7 Å². The van der Waals surface area contributed by atoms with Gasteiger partial charge in [0.25, 0.3) is 0 Å². The van der Waals surface area contributed by atoms with E-state index in [1.54, 1.807) is 0 Å². The molecule has 0 aromatic rings. The van der Waals surface area contributed by atoms with Gasteiger partial charge in [-0.1, -0.05) is 64.6 Å². The second kappa shape index (κ2) is 17.5. The number of rotatable bonds is 12. The second-order valence-electron chi connectivity index (χ2n) is 4.26. The molecule has 0 bridgehead atoms. The molecule has 0 aliphatic heterocycles. The number of hydrogen-bond donors (Lipinski definition) is 1. The molecule has 0 aliphatic rings.